The maximum absolute atomic E-state index is 15.1. The molecule has 5 nitrogen and oxygen atoms in total. The quantitative estimate of drug-likeness (QED) is 0.355. The van der Waals surface area contributed by atoms with Crippen molar-refractivity contribution < 1.29 is 9.59 Å². The van der Waals surface area contributed by atoms with Gasteiger partial charge in [-0.1, -0.05) is 90.5 Å². The second-order valence-corrected chi connectivity index (χ2v) is 12.0. The monoisotopic (exact) mass is 531 g/mol. The van der Waals surface area contributed by atoms with Crippen LogP contribution in [0.25, 0.3) is 0 Å². The Morgan fingerprint density at radius 3 is 2.36 bits per heavy atom. The molecule has 0 unspecified atom stereocenters. The number of nitrogens with one attached hydrogen (secondary N) is 1. The Morgan fingerprint density at radius 2 is 1.56 bits per heavy atom. The first kappa shape index (κ1) is 24.2. The Hall–Kier alpha value is -3.87. The third-order valence-electron chi connectivity index (χ3n) is 8.60. The molecule has 0 saturated carbocycles. The number of likely N-dealkylation sites (N-methyl/N-ethyl adjacent to an activating group) is 1. The molecule has 6 heteroatoms. The number of carbonyl (C=O) groups excluding carboxylic acids is 2. The summed E-state index contributed by atoms with van der Waals surface area (Å²) in [5.41, 5.74) is 4.66. The minimum absolute atomic E-state index is 0.0494. The number of amides is 2. The van der Waals surface area contributed by atoms with Crippen LogP contribution in [-0.2, 0) is 21.7 Å². The number of likely N-dealkylation sites (tertiary alicyclic amines) is 1. The van der Waals surface area contributed by atoms with Crippen LogP contribution in [0.1, 0.15) is 28.2 Å². The van der Waals surface area contributed by atoms with E-state index in [9.17, 15) is 4.79 Å². The van der Waals surface area contributed by atoms with Crippen LogP contribution in [0, 0.1) is 6.92 Å². The van der Waals surface area contributed by atoms with Crippen LogP contribution in [0.3, 0.4) is 0 Å². The molecule has 3 atom stereocenters. The summed E-state index contributed by atoms with van der Waals surface area (Å²) in [6, 6.07) is 34.4. The van der Waals surface area contributed by atoms with Crippen molar-refractivity contribution in [1.29, 1.82) is 0 Å². The molecule has 3 aliphatic heterocycles. The Kier molecular flexibility index (Phi) is 5.48. The minimum Gasteiger partial charge on any atom is -0.324 e. The van der Waals surface area contributed by atoms with E-state index in [-0.39, 0.29) is 17.7 Å². The molecule has 0 radical (unpaired) electrons. The maximum Gasteiger partial charge on any atom is 0.254 e. The van der Waals surface area contributed by atoms with E-state index in [0.29, 0.717) is 13.1 Å². The molecular formula is C33H29N3O2S. The topological polar surface area (TPSA) is 52.7 Å². The van der Waals surface area contributed by atoms with Crippen molar-refractivity contribution in [3.8, 4) is 0 Å². The highest BCUT2D eigenvalue weighted by Crippen LogP contribution is 2.67. The molecule has 39 heavy (non-hydrogen) atoms. The van der Waals surface area contributed by atoms with E-state index < -0.39 is 10.3 Å². The molecule has 2 spiro atoms. The van der Waals surface area contributed by atoms with Gasteiger partial charge in [-0.2, -0.15) is 0 Å². The van der Waals surface area contributed by atoms with Gasteiger partial charge in [-0.25, -0.2) is 0 Å². The lowest BCUT2D eigenvalue weighted by Crippen LogP contribution is -2.65. The lowest BCUT2D eigenvalue weighted by molar-refractivity contribution is -0.134. The van der Waals surface area contributed by atoms with Gasteiger partial charge in [0.25, 0.3) is 5.91 Å². The predicted octanol–water partition coefficient (Wildman–Crippen LogP) is 5.95. The molecule has 0 aromatic heterocycles. The number of carbonyl (C=O) groups is 2. The van der Waals surface area contributed by atoms with Crippen molar-refractivity contribution in [2.75, 3.05) is 23.8 Å². The Morgan fingerprint density at radius 1 is 0.872 bits per heavy atom. The third kappa shape index (κ3) is 3.25. The zero-order valence-corrected chi connectivity index (χ0v) is 22.7. The smallest absolute Gasteiger partial charge is 0.254 e. The number of thioether (sulfide) groups is 1. The molecule has 3 aliphatic rings. The summed E-state index contributed by atoms with van der Waals surface area (Å²) < 4.78 is -1.12. The molecule has 4 aromatic carbocycles. The number of hydrogen-bond donors (Lipinski definition) is 1. The highest BCUT2D eigenvalue weighted by atomic mass is 32.2. The van der Waals surface area contributed by atoms with E-state index in [2.05, 4.69) is 41.4 Å². The highest BCUT2D eigenvalue weighted by molar-refractivity contribution is 8.02. The van der Waals surface area contributed by atoms with Crippen molar-refractivity contribution in [1.82, 2.24) is 4.90 Å². The molecule has 0 aliphatic carbocycles. The van der Waals surface area contributed by atoms with Crippen LogP contribution < -0.4 is 10.2 Å². The number of anilines is 2. The molecule has 1 fully saturated rings. The second-order valence-electron chi connectivity index (χ2n) is 10.7. The van der Waals surface area contributed by atoms with Gasteiger partial charge in [-0.05, 0) is 43.3 Å². The van der Waals surface area contributed by atoms with E-state index >= 15 is 4.79 Å². The second kappa shape index (κ2) is 8.83. The lowest BCUT2D eigenvalue weighted by Gasteiger charge is -2.47. The normalized spacial score (nSPS) is 25.7. The van der Waals surface area contributed by atoms with Crippen molar-refractivity contribution in [2.45, 2.75) is 34.6 Å². The molecule has 2 amide bonds. The van der Waals surface area contributed by atoms with E-state index in [1.807, 2.05) is 90.8 Å². The molecule has 3 heterocycles. The van der Waals surface area contributed by atoms with Gasteiger partial charge < -0.3 is 10.2 Å². The van der Waals surface area contributed by atoms with E-state index in [4.69, 9.17) is 0 Å². The minimum atomic E-state index is -1.18. The van der Waals surface area contributed by atoms with Gasteiger partial charge in [0, 0.05) is 28.6 Å². The Labute approximate surface area is 232 Å². The van der Waals surface area contributed by atoms with Gasteiger partial charge in [-0.3, -0.25) is 14.5 Å². The van der Waals surface area contributed by atoms with Crippen molar-refractivity contribution >= 4 is 35.0 Å². The van der Waals surface area contributed by atoms with Gasteiger partial charge in [0.15, 0.2) is 5.54 Å². The van der Waals surface area contributed by atoms with Gasteiger partial charge in [0.2, 0.25) is 5.91 Å². The summed E-state index contributed by atoms with van der Waals surface area (Å²) in [5.74, 6) is -0.382. The third-order valence-corrected chi connectivity index (χ3v) is 10.3. The number of benzene rings is 4. The number of nitrogens with zero attached hydrogens (tertiary/aromatic N) is 2. The molecule has 1 saturated heterocycles. The van der Waals surface area contributed by atoms with Crippen LogP contribution in [0.4, 0.5) is 11.4 Å². The van der Waals surface area contributed by atoms with Gasteiger partial charge in [0.1, 0.15) is 4.75 Å². The SMILES string of the molecule is Cc1ccc([C@H]2CN(C)[C@@]3(C(=O)N(Cc4ccccc4)c4ccccc43)[C@@]23Sc2ccccc2NC3=O)cc1. The molecule has 4 aromatic rings. The fraction of sp³-hybridized carbons (Fsp3) is 0.212. The van der Waals surface area contributed by atoms with Crippen molar-refractivity contribution in [3.05, 3.63) is 125 Å². The number of hydrogen-bond acceptors (Lipinski definition) is 4. The summed E-state index contributed by atoms with van der Waals surface area (Å²) in [6.07, 6.45) is 0. The summed E-state index contributed by atoms with van der Waals surface area (Å²) in [4.78, 5) is 34.7. The first-order valence-corrected chi connectivity index (χ1v) is 14.1. The van der Waals surface area contributed by atoms with Crippen LogP contribution in [-0.4, -0.2) is 35.1 Å². The van der Waals surface area contributed by atoms with Gasteiger partial charge in [-0.15, -0.1) is 11.8 Å². The number of para-hydroxylation sites is 2. The van der Waals surface area contributed by atoms with E-state index in [0.717, 1.165) is 38.5 Å². The van der Waals surface area contributed by atoms with E-state index in [1.165, 1.54) is 0 Å². The van der Waals surface area contributed by atoms with Crippen LogP contribution >= 0.6 is 11.8 Å². The Bertz CT molecular complexity index is 1610. The summed E-state index contributed by atoms with van der Waals surface area (Å²) in [7, 11) is 2.00. The maximum atomic E-state index is 15.1. The van der Waals surface area contributed by atoms with E-state index in [1.54, 1.807) is 11.8 Å². The average molecular weight is 532 g/mol. The van der Waals surface area contributed by atoms with Crippen LogP contribution in [0.15, 0.2) is 108 Å². The predicted molar refractivity (Wildman–Crippen MR) is 156 cm³/mol. The fourth-order valence-electron chi connectivity index (χ4n) is 6.86. The standard InChI is InChI=1S/C33H29N3O2S/c1-22-16-18-24(19-17-22)26-21-35(2)32(33(26)30(37)34-27-13-7-9-15-29(27)39-33)25-12-6-8-14-28(25)36(31(32)38)20-23-10-4-3-5-11-23/h3-19,26H,20-21H2,1-2H3,(H,34,37)/t26-,32+,33-/m1/s1. The van der Waals surface area contributed by atoms with Crippen molar-refractivity contribution in [2.24, 2.45) is 0 Å². The molecular weight excluding hydrogens is 502 g/mol. The number of rotatable bonds is 3. The summed E-state index contributed by atoms with van der Waals surface area (Å²) in [5, 5.41) is 3.23. The zero-order valence-electron chi connectivity index (χ0n) is 21.9. The summed E-state index contributed by atoms with van der Waals surface area (Å²) in [6.45, 7) is 3.09. The zero-order chi connectivity index (χ0) is 26.8. The number of fused-ring (bicyclic) bond motifs is 4. The number of aryl methyl sites for hydroxylation is 1. The molecule has 0 bridgehead atoms. The fourth-order valence-corrected chi connectivity index (χ4v) is 8.58. The van der Waals surface area contributed by atoms with Crippen LogP contribution in [0.5, 0.6) is 0 Å². The summed E-state index contributed by atoms with van der Waals surface area (Å²) >= 11 is 1.56. The molecule has 194 valence electrons. The average Bonchev–Trinajstić information content (AvgIpc) is 3.36. The first-order chi connectivity index (χ1) is 19.0. The lowest BCUT2D eigenvalue weighted by atomic mass is 9.72. The Balaban J connectivity index is 1.49. The van der Waals surface area contributed by atoms with Gasteiger partial charge in [0.05, 0.1) is 12.2 Å². The highest BCUT2D eigenvalue weighted by Gasteiger charge is 2.76. The first-order valence-electron chi connectivity index (χ1n) is 13.3. The van der Waals surface area contributed by atoms with Crippen LogP contribution in [0.2, 0.25) is 0 Å². The molecule has 1 N–H and O–H groups in total. The molecule has 7 rings (SSSR count). The van der Waals surface area contributed by atoms with Crippen molar-refractivity contribution in [3.63, 3.8) is 0 Å². The largest absolute Gasteiger partial charge is 0.324 e. The van der Waals surface area contributed by atoms with Gasteiger partial charge >= 0.3 is 0 Å².